The summed E-state index contributed by atoms with van der Waals surface area (Å²) in [5, 5.41) is 11.3. The van der Waals surface area contributed by atoms with Crippen molar-refractivity contribution in [1.29, 1.82) is 0 Å². The Kier molecular flexibility index (Phi) is 5.64. The minimum absolute atomic E-state index is 0.0170. The number of anilines is 1. The number of rotatable bonds is 4. The van der Waals surface area contributed by atoms with E-state index in [-0.39, 0.29) is 16.3 Å². The average Bonchev–Trinajstić information content (AvgIpc) is 2.90. The van der Waals surface area contributed by atoms with Gasteiger partial charge >= 0.3 is 6.18 Å². The molecule has 1 heterocycles. The molecule has 6 nitrogen and oxygen atoms in total. The first-order valence-electron chi connectivity index (χ1n) is 8.15. The second kappa shape index (κ2) is 8.00. The Hall–Kier alpha value is -3.27. The van der Waals surface area contributed by atoms with Crippen LogP contribution in [0.1, 0.15) is 11.1 Å². The zero-order valence-electron chi connectivity index (χ0n) is 14.6. The van der Waals surface area contributed by atoms with E-state index in [0.29, 0.717) is 22.2 Å². The number of nitrogens with one attached hydrogen (secondary N) is 1. The van der Waals surface area contributed by atoms with E-state index in [1.807, 2.05) is 0 Å². The van der Waals surface area contributed by atoms with Gasteiger partial charge in [-0.15, -0.1) is 0 Å². The number of phenols is 1. The second-order valence-electron chi connectivity index (χ2n) is 5.95. The van der Waals surface area contributed by atoms with Crippen LogP contribution in [-0.4, -0.2) is 33.6 Å². The highest BCUT2D eigenvalue weighted by molar-refractivity contribution is 8.18. The van der Waals surface area contributed by atoms with Gasteiger partial charge in [-0.1, -0.05) is 24.3 Å². The number of carbonyl (C=O) groups is 3. The molecule has 1 fully saturated rings. The van der Waals surface area contributed by atoms with Gasteiger partial charge in [-0.25, -0.2) is 0 Å². The quantitative estimate of drug-likeness (QED) is 0.725. The Morgan fingerprint density at radius 3 is 2.55 bits per heavy atom. The zero-order valence-corrected chi connectivity index (χ0v) is 15.4. The number of thioether (sulfide) groups is 1. The number of hydrogen-bond donors (Lipinski definition) is 2. The molecule has 2 N–H and O–H groups in total. The van der Waals surface area contributed by atoms with Crippen LogP contribution in [0.15, 0.2) is 53.4 Å². The monoisotopic (exact) mass is 422 g/mol. The number of aromatic hydroxyl groups is 1. The number of imide groups is 1. The van der Waals surface area contributed by atoms with E-state index < -0.39 is 35.3 Å². The summed E-state index contributed by atoms with van der Waals surface area (Å²) in [4.78, 5) is 37.3. The van der Waals surface area contributed by atoms with Gasteiger partial charge in [0, 0.05) is 11.3 Å². The van der Waals surface area contributed by atoms with Crippen LogP contribution in [-0.2, 0) is 15.8 Å². The molecule has 0 unspecified atom stereocenters. The molecule has 10 heteroatoms. The van der Waals surface area contributed by atoms with Gasteiger partial charge in [-0.3, -0.25) is 19.3 Å². The predicted molar refractivity (Wildman–Crippen MR) is 101 cm³/mol. The predicted octanol–water partition coefficient (Wildman–Crippen LogP) is 4.09. The molecule has 0 spiro atoms. The molecule has 3 rings (SSSR count). The van der Waals surface area contributed by atoms with Crippen molar-refractivity contribution >= 4 is 40.6 Å². The van der Waals surface area contributed by atoms with E-state index in [9.17, 15) is 32.7 Å². The van der Waals surface area contributed by atoms with Gasteiger partial charge in [0.05, 0.1) is 10.5 Å². The number of benzene rings is 2. The molecule has 2 aromatic carbocycles. The number of alkyl halides is 3. The van der Waals surface area contributed by atoms with Crippen LogP contribution in [0, 0.1) is 0 Å². The largest absolute Gasteiger partial charge is 0.507 e. The fraction of sp³-hybridized carbons (Fsp3) is 0.105. The SMILES string of the molecule is O=C(CN1C(=O)S/C(=C\c2ccccc2O)C1=O)Nc1cccc(C(F)(F)F)c1. The van der Waals surface area contributed by atoms with Crippen LogP contribution >= 0.6 is 11.8 Å². The highest BCUT2D eigenvalue weighted by Crippen LogP contribution is 2.34. The fourth-order valence-corrected chi connectivity index (χ4v) is 3.33. The topological polar surface area (TPSA) is 86.7 Å². The fourth-order valence-electron chi connectivity index (χ4n) is 2.50. The van der Waals surface area contributed by atoms with Gasteiger partial charge in [0.2, 0.25) is 5.91 Å². The number of para-hydroxylation sites is 1. The molecule has 150 valence electrons. The Morgan fingerprint density at radius 1 is 1.14 bits per heavy atom. The van der Waals surface area contributed by atoms with Gasteiger partial charge in [-0.2, -0.15) is 13.2 Å². The summed E-state index contributed by atoms with van der Waals surface area (Å²) in [5.41, 5.74) is -0.722. The van der Waals surface area contributed by atoms with Crippen molar-refractivity contribution in [2.75, 3.05) is 11.9 Å². The van der Waals surface area contributed by atoms with Crippen LogP contribution in [0.4, 0.5) is 23.7 Å². The second-order valence-corrected chi connectivity index (χ2v) is 6.95. The standard InChI is InChI=1S/C19H13F3N2O4S/c20-19(21,22)12-5-3-6-13(9-12)23-16(26)10-24-17(27)15(29-18(24)28)8-11-4-1-2-7-14(11)25/h1-9,25H,10H2,(H,23,26)/b15-8-. The summed E-state index contributed by atoms with van der Waals surface area (Å²) in [6, 6.07) is 10.2. The van der Waals surface area contributed by atoms with Gasteiger partial charge in [0.1, 0.15) is 12.3 Å². The first-order valence-corrected chi connectivity index (χ1v) is 8.97. The molecular weight excluding hydrogens is 409 g/mol. The van der Waals surface area contributed by atoms with Crippen molar-refractivity contribution in [2.45, 2.75) is 6.18 Å². The third-order valence-corrected chi connectivity index (χ3v) is 4.78. The number of amides is 3. The maximum Gasteiger partial charge on any atom is 0.416 e. The van der Waals surface area contributed by atoms with Crippen molar-refractivity contribution in [3.63, 3.8) is 0 Å². The van der Waals surface area contributed by atoms with Gasteiger partial charge in [0.15, 0.2) is 0 Å². The lowest BCUT2D eigenvalue weighted by molar-refractivity contribution is -0.137. The number of phenolic OH excluding ortho intramolecular Hbond substituents is 1. The number of nitrogens with zero attached hydrogens (tertiary/aromatic N) is 1. The molecule has 0 radical (unpaired) electrons. The third kappa shape index (κ3) is 4.77. The van der Waals surface area contributed by atoms with Crippen molar-refractivity contribution in [2.24, 2.45) is 0 Å². The summed E-state index contributed by atoms with van der Waals surface area (Å²) in [6.45, 7) is -0.654. The summed E-state index contributed by atoms with van der Waals surface area (Å²) >= 11 is 0.598. The molecular formula is C19H13F3N2O4S. The molecule has 29 heavy (non-hydrogen) atoms. The maximum atomic E-state index is 12.7. The van der Waals surface area contributed by atoms with Crippen molar-refractivity contribution in [3.05, 3.63) is 64.6 Å². The summed E-state index contributed by atoms with van der Waals surface area (Å²) in [6.07, 6.45) is -3.24. The molecule has 1 saturated heterocycles. The molecule has 0 bridgehead atoms. The van der Waals surface area contributed by atoms with E-state index in [4.69, 9.17) is 0 Å². The number of hydrogen-bond acceptors (Lipinski definition) is 5. The first-order chi connectivity index (χ1) is 13.6. The van der Waals surface area contributed by atoms with E-state index in [2.05, 4.69) is 5.32 Å². The van der Waals surface area contributed by atoms with Crippen LogP contribution in [0.3, 0.4) is 0 Å². The molecule has 0 atom stereocenters. The lowest BCUT2D eigenvalue weighted by Crippen LogP contribution is -2.36. The molecule has 1 aliphatic heterocycles. The van der Waals surface area contributed by atoms with Crippen LogP contribution in [0.25, 0.3) is 6.08 Å². The molecule has 0 saturated carbocycles. The van der Waals surface area contributed by atoms with E-state index in [0.717, 1.165) is 18.2 Å². The third-order valence-electron chi connectivity index (χ3n) is 3.87. The first kappa shape index (κ1) is 20.5. The van der Waals surface area contributed by atoms with E-state index in [1.54, 1.807) is 18.2 Å². The molecule has 3 amide bonds. The van der Waals surface area contributed by atoms with Crippen LogP contribution in [0.5, 0.6) is 5.75 Å². The van der Waals surface area contributed by atoms with Gasteiger partial charge in [0.25, 0.3) is 11.1 Å². The van der Waals surface area contributed by atoms with Gasteiger partial charge < -0.3 is 10.4 Å². The Labute approximate surface area is 167 Å². The van der Waals surface area contributed by atoms with E-state index >= 15 is 0 Å². The zero-order chi connectivity index (χ0) is 21.2. The Bertz CT molecular complexity index is 1020. The minimum Gasteiger partial charge on any atom is -0.507 e. The lowest BCUT2D eigenvalue weighted by Gasteiger charge is -2.13. The van der Waals surface area contributed by atoms with E-state index in [1.165, 1.54) is 18.2 Å². The lowest BCUT2D eigenvalue weighted by atomic mass is 10.2. The maximum absolute atomic E-state index is 12.7. The normalized spacial score (nSPS) is 15.8. The van der Waals surface area contributed by atoms with Crippen LogP contribution in [0.2, 0.25) is 0 Å². The number of halogens is 3. The molecule has 1 aliphatic rings. The highest BCUT2D eigenvalue weighted by Gasteiger charge is 2.36. The Morgan fingerprint density at radius 2 is 1.86 bits per heavy atom. The van der Waals surface area contributed by atoms with Crippen molar-refractivity contribution in [3.8, 4) is 5.75 Å². The smallest absolute Gasteiger partial charge is 0.416 e. The average molecular weight is 422 g/mol. The number of carbonyl (C=O) groups excluding carboxylic acids is 3. The van der Waals surface area contributed by atoms with Crippen molar-refractivity contribution < 1.29 is 32.7 Å². The van der Waals surface area contributed by atoms with Crippen LogP contribution < -0.4 is 5.32 Å². The summed E-state index contributed by atoms with van der Waals surface area (Å²) in [5.74, 6) is -1.64. The highest BCUT2D eigenvalue weighted by atomic mass is 32.2. The molecule has 2 aromatic rings. The summed E-state index contributed by atoms with van der Waals surface area (Å²) < 4.78 is 38.2. The molecule has 0 aromatic heterocycles. The van der Waals surface area contributed by atoms with Crippen molar-refractivity contribution in [1.82, 2.24) is 4.90 Å². The molecule has 0 aliphatic carbocycles. The summed E-state index contributed by atoms with van der Waals surface area (Å²) in [7, 11) is 0. The van der Waals surface area contributed by atoms with Gasteiger partial charge in [-0.05, 0) is 42.1 Å². The minimum atomic E-state index is -4.57. The Balaban J connectivity index is 1.70.